The van der Waals surface area contributed by atoms with Crippen molar-refractivity contribution in [1.29, 1.82) is 0 Å². The maximum absolute atomic E-state index is 14.0. The first-order valence-electron chi connectivity index (χ1n) is 11.5. The van der Waals surface area contributed by atoms with Crippen LogP contribution < -0.4 is 0 Å². The minimum absolute atomic E-state index is 0.309. The van der Waals surface area contributed by atoms with Crippen LogP contribution in [0.3, 0.4) is 0 Å². The van der Waals surface area contributed by atoms with Crippen LogP contribution in [0, 0.1) is 47.1 Å². The minimum atomic E-state index is -4.79. The maximum atomic E-state index is 14.0. The summed E-state index contributed by atoms with van der Waals surface area (Å²) < 4.78 is 64.6. The quantitative estimate of drug-likeness (QED) is 0.320. The largest absolute Gasteiger partial charge is 0.458 e. The molecule has 0 N–H and O–H groups in total. The maximum Gasteiger partial charge on any atom is 0.458 e. The molecule has 3 rings (SSSR count). The van der Waals surface area contributed by atoms with Gasteiger partial charge in [-0.2, -0.15) is 13.2 Å². The van der Waals surface area contributed by atoms with Gasteiger partial charge in [0.15, 0.2) is 0 Å². The Labute approximate surface area is 182 Å². The van der Waals surface area contributed by atoms with Crippen LogP contribution in [0.1, 0.15) is 82.3 Å². The predicted molar refractivity (Wildman–Crippen MR) is 114 cm³/mol. The third-order valence-corrected chi connectivity index (χ3v) is 7.03. The molecule has 0 aliphatic heterocycles. The molecular weight excluding hydrogens is 407 g/mol. The second-order valence-corrected chi connectivity index (χ2v) is 9.21. The molecule has 0 bridgehead atoms. The smallest absolute Gasteiger partial charge is 0.205 e. The van der Waals surface area contributed by atoms with E-state index in [9.17, 15) is 22.0 Å². The van der Waals surface area contributed by atoms with E-state index >= 15 is 0 Å². The van der Waals surface area contributed by atoms with Crippen molar-refractivity contribution in [3.63, 3.8) is 0 Å². The molecule has 2 aliphatic carbocycles. The van der Waals surface area contributed by atoms with Crippen LogP contribution >= 0.6 is 0 Å². The summed E-state index contributed by atoms with van der Waals surface area (Å²) in [5.74, 6) is 3.28. The lowest BCUT2D eigenvalue weighted by Crippen LogP contribution is -2.25. The monoisotopic (exact) mass is 438 g/mol. The van der Waals surface area contributed by atoms with Gasteiger partial charge in [0, 0.05) is 5.92 Å². The summed E-state index contributed by atoms with van der Waals surface area (Å²) in [7, 11) is 0. The summed E-state index contributed by atoms with van der Waals surface area (Å²) in [5.41, 5.74) is -0.535. The molecule has 0 radical (unpaired) electrons. The summed E-state index contributed by atoms with van der Waals surface area (Å²) in [4.78, 5) is 0. The van der Waals surface area contributed by atoms with Crippen molar-refractivity contribution in [2.75, 3.05) is 0 Å². The zero-order valence-corrected chi connectivity index (χ0v) is 18.1. The van der Waals surface area contributed by atoms with Crippen LogP contribution in [-0.2, 0) is 0 Å². The Bertz CT molecular complexity index is 787. The van der Waals surface area contributed by atoms with Crippen LogP contribution in [-0.4, -0.2) is 6.18 Å². The molecule has 1 aromatic rings. The third kappa shape index (κ3) is 7.09. The second kappa shape index (κ2) is 10.7. The number of hydrogen-bond acceptors (Lipinski definition) is 0. The highest BCUT2D eigenvalue weighted by Gasteiger charge is 2.30. The van der Waals surface area contributed by atoms with Gasteiger partial charge in [-0.15, -0.1) is 0 Å². The normalized spacial score (nSPS) is 27.2. The average Bonchev–Trinajstić information content (AvgIpc) is 2.72. The highest BCUT2D eigenvalue weighted by Crippen LogP contribution is 2.42. The van der Waals surface area contributed by atoms with Crippen molar-refractivity contribution in [3.8, 4) is 11.8 Å². The van der Waals surface area contributed by atoms with E-state index < -0.39 is 23.4 Å². The fourth-order valence-corrected chi connectivity index (χ4v) is 5.35. The van der Waals surface area contributed by atoms with E-state index in [-0.39, 0.29) is 0 Å². The van der Waals surface area contributed by atoms with Crippen LogP contribution in [0.25, 0.3) is 6.08 Å². The molecule has 31 heavy (non-hydrogen) atoms. The Morgan fingerprint density at radius 2 is 1.45 bits per heavy atom. The van der Waals surface area contributed by atoms with E-state index in [1.807, 2.05) is 6.08 Å². The number of rotatable bonds is 5. The van der Waals surface area contributed by atoms with Crippen LogP contribution in [0.4, 0.5) is 22.0 Å². The Morgan fingerprint density at radius 3 is 1.97 bits per heavy atom. The van der Waals surface area contributed by atoms with Gasteiger partial charge in [0.25, 0.3) is 0 Å². The third-order valence-electron chi connectivity index (χ3n) is 7.03. The SMILES string of the molecule is CCCC1CCC(C2CCC(/C=C/c3cc(F)c(C#CC(F)(F)F)c(F)c3)CC2)CC1. The van der Waals surface area contributed by atoms with E-state index in [1.165, 1.54) is 51.4 Å². The van der Waals surface area contributed by atoms with Gasteiger partial charge < -0.3 is 0 Å². The lowest BCUT2D eigenvalue weighted by atomic mass is 9.68. The highest BCUT2D eigenvalue weighted by atomic mass is 19.4. The van der Waals surface area contributed by atoms with Gasteiger partial charge in [-0.1, -0.05) is 50.7 Å². The molecule has 0 amide bonds. The van der Waals surface area contributed by atoms with Gasteiger partial charge in [-0.25, -0.2) is 8.78 Å². The first kappa shape index (κ1) is 23.8. The van der Waals surface area contributed by atoms with Crippen molar-refractivity contribution in [3.05, 3.63) is 41.0 Å². The van der Waals surface area contributed by atoms with Crippen molar-refractivity contribution in [2.45, 2.75) is 77.3 Å². The lowest BCUT2D eigenvalue weighted by molar-refractivity contribution is -0.0696. The fourth-order valence-electron chi connectivity index (χ4n) is 5.35. The molecule has 0 unspecified atom stereocenters. The molecule has 2 fully saturated rings. The van der Waals surface area contributed by atoms with E-state index in [1.54, 1.807) is 12.0 Å². The van der Waals surface area contributed by atoms with Crippen molar-refractivity contribution >= 4 is 6.08 Å². The summed E-state index contributed by atoms with van der Waals surface area (Å²) in [6.07, 6.45) is 11.5. The Hall–Kier alpha value is -1.83. The predicted octanol–water partition coefficient (Wildman–Crippen LogP) is 8.30. The average molecular weight is 439 g/mol. The number of hydrogen-bond donors (Lipinski definition) is 0. The van der Waals surface area contributed by atoms with Gasteiger partial charge in [-0.3, -0.25) is 0 Å². The molecule has 5 heteroatoms. The molecule has 0 saturated heterocycles. The summed E-state index contributed by atoms with van der Waals surface area (Å²) >= 11 is 0. The highest BCUT2D eigenvalue weighted by molar-refractivity contribution is 5.53. The molecule has 0 aromatic heterocycles. The Balaban J connectivity index is 1.52. The summed E-state index contributed by atoms with van der Waals surface area (Å²) in [6.45, 7) is 2.26. The first-order valence-corrected chi connectivity index (χ1v) is 11.5. The molecule has 2 saturated carbocycles. The summed E-state index contributed by atoms with van der Waals surface area (Å²) in [5, 5.41) is 0. The van der Waals surface area contributed by atoms with E-state index in [4.69, 9.17) is 0 Å². The number of benzene rings is 1. The number of allylic oxidation sites excluding steroid dienone is 1. The molecule has 0 nitrogen and oxygen atoms in total. The topological polar surface area (TPSA) is 0 Å². The van der Waals surface area contributed by atoms with Crippen LogP contribution in [0.5, 0.6) is 0 Å². The van der Waals surface area contributed by atoms with E-state index in [0.29, 0.717) is 11.5 Å². The molecule has 0 heterocycles. The molecule has 0 spiro atoms. The van der Waals surface area contributed by atoms with Crippen molar-refractivity contribution in [2.24, 2.45) is 23.7 Å². The van der Waals surface area contributed by atoms with Crippen molar-refractivity contribution < 1.29 is 22.0 Å². The molecule has 170 valence electrons. The van der Waals surface area contributed by atoms with Crippen LogP contribution in [0.2, 0.25) is 0 Å². The Kier molecular flexibility index (Phi) is 8.19. The lowest BCUT2D eigenvalue weighted by Gasteiger charge is -2.37. The Morgan fingerprint density at radius 1 is 0.903 bits per heavy atom. The molecular formula is C26H31F5. The standard InChI is InChI=1S/C26H31F5/c1-2-3-18-6-10-21(11-7-18)22-12-8-19(9-13-22)4-5-20-16-24(27)23(25(28)17-20)14-15-26(29,30)31/h4-5,16-19,21-22H,2-3,6-13H2,1H3/b5-4+. The first-order chi connectivity index (χ1) is 14.7. The van der Waals surface area contributed by atoms with E-state index in [2.05, 4.69) is 6.92 Å². The molecule has 1 aromatic carbocycles. The fraction of sp³-hybridized carbons (Fsp3) is 0.615. The van der Waals surface area contributed by atoms with E-state index in [0.717, 1.165) is 48.6 Å². The molecule has 0 atom stereocenters. The molecule has 2 aliphatic rings. The number of alkyl halides is 3. The van der Waals surface area contributed by atoms with Gasteiger partial charge in [0.05, 0.1) is 5.56 Å². The second-order valence-electron chi connectivity index (χ2n) is 9.21. The zero-order chi connectivity index (χ0) is 22.4. The zero-order valence-electron chi connectivity index (χ0n) is 18.1. The van der Waals surface area contributed by atoms with Crippen molar-refractivity contribution in [1.82, 2.24) is 0 Å². The minimum Gasteiger partial charge on any atom is -0.205 e. The summed E-state index contributed by atoms with van der Waals surface area (Å²) in [6, 6.07) is 2.08. The van der Waals surface area contributed by atoms with Crippen LogP contribution in [0.15, 0.2) is 18.2 Å². The number of halogens is 5. The van der Waals surface area contributed by atoms with Gasteiger partial charge in [-0.05, 0) is 79.9 Å². The van der Waals surface area contributed by atoms with Gasteiger partial charge >= 0.3 is 6.18 Å². The van der Waals surface area contributed by atoms with Gasteiger partial charge in [0.2, 0.25) is 0 Å². The van der Waals surface area contributed by atoms with Gasteiger partial charge in [0.1, 0.15) is 11.6 Å².